The molecule has 0 unspecified atom stereocenters. The first-order valence-electron chi connectivity index (χ1n) is 11.6. The maximum Gasteiger partial charge on any atom is 0.227 e. The van der Waals surface area contributed by atoms with Crippen LogP contribution >= 0.6 is 11.6 Å². The predicted molar refractivity (Wildman–Crippen MR) is 131 cm³/mol. The summed E-state index contributed by atoms with van der Waals surface area (Å²) in [5.74, 6) is 2.65. The number of piperidine rings is 1. The third-order valence-corrected chi connectivity index (χ3v) is 6.59. The summed E-state index contributed by atoms with van der Waals surface area (Å²) in [6, 6.07) is 15.3. The molecule has 0 radical (unpaired) electrons. The Kier molecular flexibility index (Phi) is 6.76. The highest BCUT2D eigenvalue weighted by molar-refractivity contribution is 6.30. The first-order valence-corrected chi connectivity index (χ1v) is 11.9. The highest BCUT2D eigenvalue weighted by Gasteiger charge is 2.29. The van der Waals surface area contributed by atoms with Gasteiger partial charge in [-0.25, -0.2) is 0 Å². The van der Waals surface area contributed by atoms with Crippen LogP contribution in [-0.2, 0) is 17.8 Å². The van der Waals surface area contributed by atoms with Crippen LogP contribution in [0.3, 0.4) is 0 Å². The van der Waals surface area contributed by atoms with Gasteiger partial charge in [-0.3, -0.25) is 9.36 Å². The fourth-order valence-electron chi connectivity index (χ4n) is 4.53. The first-order chi connectivity index (χ1) is 17.1. The highest BCUT2D eigenvalue weighted by atomic mass is 35.5. The average Bonchev–Trinajstić information content (AvgIpc) is 3.55. The Hall–Kier alpha value is -3.72. The minimum absolute atomic E-state index is 0.109. The number of benzene rings is 2. The molecule has 0 atom stereocenters. The van der Waals surface area contributed by atoms with Crippen LogP contribution in [0.5, 0.6) is 5.75 Å². The van der Waals surface area contributed by atoms with E-state index in [2.05, 4.69) is 25.0 Å². The standard InChI is InChI=1S/C25H26ClN7O2/c1-35-22-5-3-2-4-19(22)16-24(34)31-14-10-18(11-15-31)25-30-29-23(17-32-27-12-13-28-32)33(25)21-8-6-20(26)7-9-21/h2-9,12-13,18H,10-11,14-17H2,1H3. The van der Waals surface area contributed by atoms with Crippen molar-refractivity contribution in [2.24, 2.45) is 0 Å². The molecule has 1 aliphatic rings. The topological polar surface area (TPSA) is 91.0 Å². The molecular weight excluding hydrogens is 466 g/mol. The second-order valence-electron chi connectivity index (χ2n) is 8.49. The largest absolute Gasteiger partial charge is 0.496 e. The monoisotopic (exact) mass is 491 g/mol. The van der Waals surface area contributed by atoms with E-state index in [-0.39, 0.29) is 11.8 Å². The Morgan fingerprint density at radius 1 is 1.03 bits per heavy atom. The van der Waals surface area contributed by atoms with Crippen molar-refractivity contribution in [2.45, 2.75) is 31.7 Å². The fraction of sp³-hybridized carbons (Fsp3) is 0.320. The van der Waals surface area contributed by atoms with Crippen LogP contribution in [0.4, 0.5) is 0 Å². The van der Waals surface area contributed by atoms with Gasteiger partial charge in [0.25, 0.3) is 0 Å². The number of methoxy groups -OCH3 is 1. The molecular formula is C25H26ClN7O2. The van der Waals surface area contributed by atoms with Crippen molar-refractivity contribution in [3.63, 3.8) is 0 Å². The third-order valence-electron chi connectivity index (χ3n) is 6.34. The molecule has 1 fully saturated rings. The number of likely N-dealkylation sites (tertiary alicyclic amines) is 1. The van der Waals surface area contributed by atoms with E-state index in [1.54, 1.807) is 24.3 Å². The normalized spacial score (nSPS) is 14.3. The number of nitrogens with zero attached hydrogens (tertiary/aromatic N) is 7. The van der Waals surface area contributed by atoms with Gasteiger partial charge in [0.05, 0.1) is 25.9 Å². The number of halogens is 1. The second-order valence-corrected chi connectivity index (χ2v) is 8.93. The SMILES string of the molecule is COc1ccccc1CC(=O)N1CCC(c2nnc(Cn3nccn3)n2-c2ccc(Cl)cc2)CC1. The maximum atomic E-state index is 13.0. The summed E-state index contributed by atoms with van der Waals surface area (Å²) in [6.07, 6.45) is 5.23. The number of para-hydroxylation sites is 1. The van der Waals surface area contributed by atoms with Gasteiger partial charge in [-0.1, -0.05) is 29.8 Å². The summed E-state index contributed by atoms with van der Waals surface area (Å²) in [4.78, 5) is 16.5. The summed E-state index contributed by atoms with van der Waals surface area (Å²) < 4.78 is 7.47. The molecule has 35 heavy (non-hydrogen) atoms. The molecule has 0 saturated carbocycles. The Morgan fingerprint density at radius 2 is 1.74 bits per heavy atom. The lowest BCUT2D eigenvalue weighted by molar-refractivity contribution is -0.131. The fourth-order valence-corrected chi connectivity index (χ4v) is 4.66. The van der Waals surface area contributed by atoms with Crippen molar-refractivity contribution in [2.75, 3.05) is 20.2 Å². The lowest BCUT2D eigenvalue weighted by atomic mass is 9.95. The number of hydrogen-bond donors (Lipinski definition) is 0. The van der Waals surface area contributed by atoms with Crippen LogP contribution in [0.2, 0.25) is 5.02 Å². The van der Waals surface area contributed by atoms with Gasteiger partial charge in [-0.15, -0.1) is 10.2 Å². The average molecular weight is 492 g/mol. The van der Waals surface area contributed by atoms with Gasteiger partial charge >= 0.3 is 0 Å². The van der Waals surface area contributed by atoms with Crippen LogP contribution in [0.15, 0.2) is 60.9 Å². The number of rotatable bonds is 7. The van der Waals surface area contributed by atoms with E-state index in [4.69, 9.17) is 16.3 Å². The zero-order chi connectivity index (χ0) is 24.2. The maximum absolute atomic E-state index is 13.0. The van der Waals surface area contributed by atoms with Crippen molar-refractivity contribution < 1.29 is 9.53 Å². The quantitative estimate of drug-likeness (QED) is 0.393. The molecule has 1 amide bonds. The minimum atomic E-state index is 0.109. The molecule has 3 heterocycles. The Labute approximate surface area is 208 Å². The molecule has 2 aromatic heterocycles. The Balaban J connectivity index is 1.33. The van der Waals surface area contributed by atoms with Gasteiger partial charge in [0.2, 0.25) is 5.91 Å². The molecule has 0 spiro atoms. The van der Waals surface area contributed by atoms with E-state index in [0.29, 0.717) is 31.1 Å². The van der Waals surface area contributed by atoms with Crippen LogP contribution in [0.25, 0.3) is 5.69 Å². The van der Waals surface area contributed by atoms with Gasteiger partial charge in [-0.2, -0.15) is 15.0 Å². The molecule has 180 valence electrons. The van der Waals surface area contributed by atoms with Gasteiger partial charge in [0, 0.05) is 35.3 Å². The van der Waals surface area contributed by atoms with Crippen LogP contribution in [0, 0.1) is 0 Å². The predicted octanol–water partition coefficient (Wildman–Crippen LogP) is 3.52. The molecule has 2 aromatic carbocycles. The van der Waals surface area contributed by atoms with Crippen molar-refractivity contribution in [1.29, 1.82) is 0 Å². The van der Waals surface area contributed by atoms with Crippen molar-refractivity contribution in [3.05, 3.63) is 83.2 Å². The summed E-state index contributed by atoms with van der Waals surface area (Å²) in [6.45, 7) is 1.74. The molecule has 4 aromatic rings. The van der Waals surface area contributed by atoms with Crippen LogP contribution in [-0.4, -0.2) is 60.8 Å². The highest BCUT2D eigenvalue weighted by Crippen LogP contribution is 2.30. The number of ether oxygens (including phenoxy) is 1. The summed E-state index contributed by atoms with van der Waals surface area (Å²) in [7, 11) is 1.63. The molecule has 0 bridgehead atoms. The van der Waals surface area contributed by atoms with Crippen molar-refractivity contribution >= 4 is 17.5 Å². The van der Waals surface area contributed by atoms with Gasteiger partial charge < -0.3 is 9.64 Å². The molecule has 0 N–H and O–H groups in total. The summed E-state index contributed by atoms with van der Waals surface area (Å²) in [5, 5.41) is 18.1. The number of aromatic nitrogens is 6. The van der Waals surface area contributed by atoms with Gasteiger partial charge in [-0.05, 0) is 43.2 Å². The third kappa shape index (κ3) is 5.05. The zero-order valence-electron chi connectivity index (χ0n) is 19.4. The smallest absolute Gasteiger partial charge is 0.227 e. The Bertz CT molecular complexity index is 1280. The van der Waals surface area contributed by atoms with E-state index >= 15 is 0 Å². The second kappa shape index (κ2) is 10.3. The van der Waals surface area contributed by atoms with E-state index in [9.17, 15) is 4.79 Å². The minimum Gasteiger partial charge on any atom is -0.496 e. The van der Waals surface area contributed by atoms with Crippen molar-refractivity contribution in [1.82, 2.24) is 34.7 Å². The van der Waals surface area contributed by atoms with E-state index in [1.165, 1.54) is 0 Å². The van der Waals surface area contributed by atoms with Crippen LogP contribution < -0.4 is 4.74 Å². The molecule has 1 aliphatic heterocycles. The van der Waals surface area contributed by atoms with Crippen molar-refractivity contribution in [3.8, 4) is 11.4 Å². The molecule has 9 nitrogen and oxygen atoms in total. The molecule has 5 rings (SSSR count). The number of carbonyl (C=O) groups excluding carboxylic acids is 1. The number of hydrogen-bond acceptors (Lipinski definition) is 6. The lowest BCUT2D eigenvalue weighted by Crippen LogP contribution is -2.39. The Morgan fingerprint density at radius 3 is 2.46 bits per heavy atom. The molecule has 1 saturated heterocycles. The molecule has 10 heteroatoms. The van der Waals surface area contributed by atoms with Gasteiger partial charge in [0.1, 0.15) is 18.1 Å². The van der Waals surface area contributed by atoms with E-state index < -0.39 is 0 Å². The van der Waals surface area contributed by atoms with E-state index in [0.717, 1.165) is 41.5 Å². The summed E-state index contributed by atoms with van der Waals surface area (Å²) in [5.41, 5.74) is 1.84. The zero-order valence-corrected chi connectivity index (χ0v) is 20.2. The first kappa shape index (κ1) is 23.0. The summed E-state index contributed by atoms with van der Waals surface area (Å²) >= 11 is 6.13. The van der Waals surface area contributed by atoms with Crippen LogP contribution in [0.1, 0.15) is 36.0 Å². The molecule has 0 aliphatic carbocycles. The van der Waals surface area contributed by atoms with E-state index in [1.807, 2.05) is 53.4 Å². The van der Waals surface area contributed by atoms with Gasteiger partial charge in [0.15, 0.2) is 5.82 Å². The lowest BCUT2D eigenvalue weighted by Gasteiger charge is -2.32. The number of amides is 1. The number of carbonyl (C=O) groups is 1.